The maximum Gasteiger partial charge on any atom is 0.335 e. The Kier molecular flexibility index (Phi) is 9.13. The number of carboxylic acids is 2. The molecule has 0 aliphatic heterocycles. The summed E-state index contributed by atoms with van der Waals surface area (Å²) in [7, 11) is 0. The highest BCUT2D eigenvalue weighted by Gasteiger charge is 2.13. The molecule has 0 fully saturated rings. The lowest BCUT2D eigenvalue weighted by Gasteiger charge is -2.14. The van der Waals surface area contributed by atoms with Crippen molar-refractivity contribution >= 4 is 11.9 Å². The molecule has 0 aliphatic carbocycles. The van der Waals surface area contributed by atoms with Gasteiger partial charge in [-0.1, -0.05) is 60.7 Å². The van der Waals surface area contributed by atoms with Gasteiger partial charge in [-0.2, -0.15) is 0 Å². The highest BCUT2D eigenvalue weighted by molar-refractivity contribution is 5.90. The van der Waals surface area contributed by atoms with Crippen LogP contribution in [0.1, 0.15) is 46.4 Å². The SMILES string of the molecule is O=C(O)c1ccc(-c2ccccc2)c(OCCCCCCOc2cc(C(=O)O)ccc2-c2ccccc2)c1. The molecule has 4 aromatic rings. The zero-order chi connectivity index (χ0) is 26.7. The van der Waals surface area contributed by atoms with Crippen molar-refractivity contribution in [2.45, 2.75) is 25.7 Å². The summed E-state index contributed by atoms with van der Waals surface area (Å²) < 4.78 is 12.0. The first-order valence-electron chi connectivity index (χ1n) is 12.6. The molecule has 4 aromatic carbocycles. The minimum Gasteiger partial charge on any atom is -0.493 e. The molecule has 0 amide bonds. The van der Waals surface area contributed by atoms with Gasteiger partial charge in [0.25, 0.3) is 0 Å². The van der Waals surface area contributed by atoms with Crippen LogP contribution in [0.15, 0.2) is 97.1 Å². The Labute approximate surface area is 222 Å². The first-order chi connectivity index (χ1) is 18.5. The Balaban J connectivity index is 1.28. The first-order valence-corrected chi connectivity index (χ1v) is 12.6. The van der Waals surface area contributed by atoms with Gasteiger partial charge in [-0.3, -0.25) is 0 Å². The summed E-state index contributed by atoms with van der Waals surface area (Å²) in [5.41, 5.74) is 4.05. The maximum absolute atomic E-state index is 11.4. The second kappa shape index (κ2) is 13.1. The van der Waals surface area contributed by atoms with Crippen LogP contribution in [0.2, 0.25) is 0 Å². The standard InChI is InChI=1S/C32H30O6/c33-31(34)25-15-17-27(23-11-5-3-6-12-23)29(21-25)37-19-9-1-2-10-20-38-30-22-26(32(35)36)16-18-28(30)24-13-7-4-8-14-24/h3-8,11-18,21-22H,1-2,9-10,19-20H2,(H,33,34)(H,35,36). The lowest BCUT2D eigenvalue weighted by Crippen LogP contribution is -2.04. The monoisotopic (exact) mass is 510 g/mol. The molecule has 0 aliphatic rings. The summed E-state index contributed by atoms with van der Waals surface area (Å²) in [6.45, 7) is 0.950. The van der Waals surface area contributed by atoms with Crippen molar-refractivity contribution in [1.82, 2.24) is 0 Å². The quantitative estimate of drug-likeness (QED) is 0.182. The molecule has 0 saturated heterocycles. The third-order valence-electron chi connectivity index (χ3n) is 6.18. The number of carboxylic acid groups (broad SMARTS) is 2. The molecule has 6 nitrogen and oxygen atoms in total. The Bertz CT molecular complexity index is 1260. The summed E-state index contributed by atoms with van der Waals surface area (Å²) in [4.78, 5) is 22.9. The van der Waals surface area contributed by atoms with Crippen LogP contribution in [-0.2, 0) is 0 Å². The fourth-order valence-electron chi connectivity index (χ4n) is 4.18. The number of benzene rings is 4. The average Bonchev–Trinajstić information content (AvgIpc) is 2.95. The summed E-state index contributed by atoms with van der Waals surface area (Å²) in [5, 5.41) is 18.7. The third-order valence-corrected chi connectivity index (χ3v) is 6.18. The predicted molar refractivity (Wildman–Crippen MR) is 147 cm³/mol. The van der Waals surface area contributed by atoms with Crippen molar-refractivity contribution in [2.75, 3.05) is 13.2 Å². The minimum atomic E-state index is -0.987. The number of ether oxygens (including phenoxy) is 2. The number of aromatic carboxylic acids is 2. The molecular weight excluding hydrogens is 480 g/mol. The second-order valence-corrected chi connectivity index (χ2v) is 8.88. The summed E-state index contributed by atoms with van der Waals surface area (Å²) in [6, 6.07) is 29.4. The summed E-state index contributed by atoms with van der Waals surface area (Å²) in [6.07, 6.45) is 3.47. The van der Waals surface area contributed by atoms with E-state index in [1.807, 2.05) is 60.7 Å². The fraction of sp³-hybridized carbons (Fsp3) is 0.188. The van der Waals surface area contributed by atoms with Gasteiger partial charge in [0, 0.05) is 11.1 Å². The normalized spacial score (nSPS) is 10.6. The van der Waals surface area contributed by atoms with Crippen LogP contribution in [0.5, 0.6) is 11.5 Å². The van der Waals surface area contributed by atoms with E-state index in [9.17, 15) is 19.8 Å². The molecule has 194 valence electrons. The van der Waals surface area contributed by atoms with Crippen LogP contribution >= 0.6 is 0 Å². The van der Waals surface area contributed by atoms with Gasteiger partial charge in [0.2, 0.25) is 0 Å². The van der Waals surface area contributed by atoms with Crippen LogP contribution in [-0.4, -0.2) is 35.4 Å². The average molecular weight is 511 g/mol. The van der Waals surface area contributed by atoms with E-state index in [1.54, 1.807) is 36.4 Å². The maximum atomic E-state index is 11.4. The fourth-order valence-corrected chi connectivity index (χ4v) is 4.18. The molecule has 0 aromatic heterocycles. The Morgan fingerprint density at radius 3 is 1.29 bits per heavy atom. The van der Waals surface area contributed by atoms with Crippen LogP contribution in [0.25, 0.3) is 22.3 Å². The smallest absolute Gasteiger partial charge is 0.335 e. The number of hydrogen-bond acceptors (Lipinski definition) is 4. The highest BCUT2D eigenvalue weighted by atomic mass is 16.5. The number of hydrogen-bond donors (Lipinski definition) is 2. The van der Waals surface area contributed by atoms with Crippen molar-refractivity contribution in [2.24, 2.45) is 0 Å². The minimum absolute atomic E-state index is 0.193. The first kappa shape index (κ1) is 26.5. The van der Waals surface area contributed by atoms with E-state index in [-0.39, 0.29) is 11.1 Å². The van der Waals surface area contributed by atoms with Crippen molar-refractivity contribution < 1.29 is 29.3 Å². The number of rotatable bonds is 13. The van der Waals surface area contributed by atoms with E-state index >= 15 is 0 Å². The Hall–Kier alpha value is -4.58. The van der Waals surface area contributed by atoms with Gasteiger partial charge in [-0.05, 0) is 73.2 Å². The second-order valence-electron chi connectivity index (χ2n) is 8.88. The van der Waals surface area contributed by atoms with Crippen LogP contribution in [0.4, 0.5) is 0 Å². The lowest BCUT2D eigenvalue weighted by atomic mass is 10.0. The highest BCUT2D eigenvalue weighted by Crippen LogP contribution is 2.32. The van der Waals surface area contributed by atoms with Gasteiger partial charge in [-0.15, -0.1) is 0 Å². The third kappa shape index (κ3) is 7.01. The molecule has 0 saturated carbocycles. The van der Waals surface area contributed by atoms with E-state index < -0.39 is 11.9 Å². The largest absolute Gasteiger partial charge is 0.493 e. The van der Waals surface area contributed by atoms with E-state index in [2.05, 4.69) is 0 Å². The van der Waals surface area contributed by atoms with E-state index in [1.165, 1.54) is 0 Å². The van der Waals surface area contributed by atoms with Crippen LogP contribution in [0, 0.1) is 0 Å². The molecule has 2 N–H and O–H groups in total. The molecule has 0 unspecified atom stereocenters. The molecule has 0 atom stereocenters. The van der Waals surface area contributed by atoms with Gasteiger partial charge < -0.3 is 19.7 Å². The zero-order valence-electron chi connectivity index (χ0n) is 21.0. The number of carbonyl (C=O) groups is 2. The molecule has 0 spiro atoms. The lowest BCUT2D eigenvalue weighted by molar-refractivity contribution is 0.0685. The molecule has 38 heavy (non-hydrogen) atoms. The van der Waals surface area contributed by atoms with E-state index in [0.717, 1.165) is 47.9 Å². The topological polar surface area (TPSA) is 93.1 Å². The summed E-state index contributed by atoms with van der Waals surface area (Å²) >= 11 is 0. The van der Waals surface area contributed by atoms with E-state index in [4.69, 9.17) is 9.47 Å². The predicted octanol–water partition coefficient (Wildman–Crippen LogP) is 7.44. The molecular formula is C32H30O6. The molecule has 0 bridgehead atoms. The Morgan fingerprint density at radius 1 is 0.526 bits per heavy atom. The summed E-state index contributed by atoms with van der Waals surface area (Å²) in [5.74, 6) is -0.852. The van der Waals surface area contributed by atoms with Gasteiger partial charge in [0.1, 0.15) is 11.5 Å². The van der Waals surface area contributed by atoms with Crippen LogP contribution in [0.3, 0.4) is 0 Å². The van der Waals surface area contributed by atoms with Crippen molar-refractivity contribution in [1.29, 1.82) is 0 Å². The van der Waals surface area contributed by atoms with Crippen molar-refractivity contribution in [3.8, 4) is 33.8 Å². The van der Waals surface area contributed by atoms with Crippen molar-refractivity contribution in [3.05, 3.63) is 108 Å². The van der Waals surface area contributed by atoms with Gasteiger partial charge in [0.15, 0.2) is 0 Å². The van der Waals surface area contributed by atoms with Gasteiger partial charge in [0.05, 0.1) is 24.3 Å². The molecule has 6 heteroatoms. The Morgan fingerprint density at radius 2 is 0.921 bits per heavy atom. The zero-order valence-corrected chi connectivity index (χ0v) is 21.0. The van der Waals surface area contributed by atoms with Crippen molar-refractivity contribution in [3.63, 3.8) is 0 Å². The van der Waals surface area contributed by atoms with E-state index in [0.29, 0.717) is 24.7 Å². The van der Waals surface area contributed by atoms with Gasteiger partial charge >= 0.3 is 11.9 Å². The number of unbranched alkanes of at least 4 members (excludes halogenated alkanes) is 3. The van der Waals surface area contributed by atoms with Crippen LogP contribution < -0.4 is 9.47 Å². The molecule has 4 rings (SSSR count). The molecule has 0 radical (unpaired) electrons. The molecule has 0 heterocycles. The van der Waals surface area contributed by atoms with Gasteiger partial charge in [-0.25, -0.2) is 9.59 Å².